The van der Waals surface area contributed by atoms with Gasteiger partial charge in [-0.25, -0.2) is 4.79 Å². The summed E-state index contributed by atoms with van der Waals surface area (Å²) in [6.45, 7) is 1.21. The van der Waals surface area contributed by atoms with Crippen LogP contribution >= 0.6 is 23.2 Å². The molecular formula is C18H16Cl2N2O3. The van der Waals surface area contributed by atoms with Gasteiger partial charge in [-0.15, -0.1) is 0 Å². The topological polar surface area (TPSA) is 58.6 Å². The van der Waals surface area contributed by atoms with Gasteiger partial charge in [0.1, 0.15) is 6.61 Å². The second kappa shape index (κ2) is 7.76. The molecule has 0 spiro atoms. The highest BCUT2D eigenvalue weighted by Crippen LogP contribution is 2.25. The molecule has 130 valence electrons. The third kappa shape index (κ3) is 4.06. The molecule has 0 bridgehead atoms. The van der Waals surface area contributed by atoms with Crippen LogP contribution in [0.1, 0.15) is 15.9 Å². The number of carbonyl (C=O) groups excluding carboxylic acids is 2. The summed E-state index contributed by atoms with van der Waals surface area (Å²) in [4.78, 5) is 25.6. The first-order valence-electron chi connectivity index (χ1n) is 7.81. The van der Waals surface area contributed by atoms with E-state index in [0.29, 0.717) is 47.4 Å². The van der Waals surface area contributed by atoms with E-state index in [1.807, 2.05) is 24.3 Å². The predicted molar refractivity (Wildman–Crippen MR) is 97.6 cm³/mol. The number of nitrogens with zero attached hydrogens (tertiary/aromatic N) is 1. The first-order chi connectivity index (χ1) is 12.1. The van der Waals surface area contributed by atoms with Crippen LogP contribution in [-0.4, -0.2) is 31.7 Å². The highest BCUT2D eigenvalue weighted by Gasteiger charge is 2.24. The Labute approximate surface area is 155 Å². The van der Waals surface area contributed by atoms with Crippen LogP contribution in [0.25, 0.3) is 0 Å². The highest BCUT2D eigenvalue weighted by atomic mass is 35.5. The van der Waals surface area contributed by atoms with Crippen LogP contribution in [0.4, 0.5) is 10.5 Å². The second-order valence-electron chi connectivity index (χ2n) is 5.53. The fourth-order valence-electron chi connectivity index (χ4n) is 2.59. The summed E-state index contributed by atoms with van der Waals surface area (Å²) >= 11 is 12.2. The molecule has 0 aliphatic carbocycles. The lowest BCUT2D eigenvalue weighted by Crippen LogP contribution is -2.27. The number of amides is 2. The Morgan fingerprint density at radius 1 is 1.16 bits per heavy atom. The van der Waals surface area contributed by atoms with Crippen LogP contribution in [0.5, 0.6) is 0 Å². The van der Waals surface area contributed by atoms with Crippen molar-refractivity contribution >= 4 is 40.9 Å². The zero-order chi connectivity index (χ0) is 17.8. The number of anilines is 1. The van der Waals surface area contributed by atoms with Crippen LogP contribution in [0.3, 0.4) is 0 Å². The second-order valence-corrected chi connectivity index (χ2v) is 6.34. The van der Waals surface area contributed by atoms with Gasteiger partial charge in [0.2, 0.25) is 0 Å². The summed E-state index contributed by atoms with van der Waals surface area (Å²) in [5, 5.41) is 3.82. The monoisotopic (exact) mass is 378 g/mol. The van der Waals surface area contributed by atoms with Gasteiger partial charge >= 0.3 is 6.09 Å². The Kier molecular flexibility index (Phi) is 5.46. The number of cyclic esters (lactones) is 1. The van der Waals surface area contributed by atoms with Crippen molar-refractivity contribution < 1.29 is 14.3 Å². The maximum Gasteiger partial charge on any atom is 0.414 e. The Morgan fingerprint density at radius 2 is 1.96 bits per heavy atom. The fraction of sp³-hybridized carbons (Fsp3) is 0.222. The minimum absolute atomic E-state index is 0.300. The number of hydrogen-bond donors (Lipinski definition) is 1. The standard InChI is InChI=1S/C18H16Cl2N2O3/c19-15-4-2-1-3-12(15)7-8-21-17(23)14-11-13(5-6-16(14)20)22-9-10-25-18(22)24/h1-6,11H,7-10H2,(H,21,23). The SMILES string of the molecule is O=C(NCCc1ccccc1Cl)c1cc(N2CCOC2=O)ccc1Cl. The van der Waals surface area contributed by atoms with Crippen molar-refractivity contribution in [2.75, 3.05) is 24.6 Å². The van der Waals surface area contributed by atoms with Crippen LogP contribution in [0.2, 0.25) is 10.0 Å². The average Bonchev–Trinajstić information content (AvgIpc) is 3.03. The van der Waals surface area contributed by atoms with Crippen molar-refractivity contribution in [1.82, 2.24) is 5.32 Å². The van der Waals surface area contributed by atoms with Crippen LogP contribution < -0.4 is 10.2 Å². The first-order valence-corrected chi connectivity index (χ1v) is 8.57. The zero-order valence-corrected chi connectivity index (χ0v) is 14.8. The van der Waals surface area contributed by atoms with Crippen molar-refractivity contribution in [2.45, 2.75) is 6.42 Å². The molecular weight excluding hydrogens is 363 g/mol. The Balaban J connectivity index is 1.67. The molecule has 0 radical (unpaired) electrons. The van der Waals surface area contributed by atoms with Crippen molar-refractivity contribution in [2.24, 2.45) is 0 Å². The van der Waals surface area contributed by atoms with Crippen LogP contribution in [0.15, 0.2) is 42.5 Å². The molecule has 0 atom stereocenters. The molecule has 1 aliphatic rings. The predicted octanol–water partition coefficient (Wildman–Crippen LogP) is 3.92. The van der Waals surface area contributed by atoms with Crippen molar-refractivity contribution in [3.8, 4) is 0 Å². The largest absolute Gasteiger partial charge is 0.447 e. The lowest BCUT2D eigenvalue weighted by molar-refractivity contribution is 0.0954. The molecule has 7 heteroatoms. The van der Waals surface area contributed by atoms with E-state index in [1.54, 1.807) is 18.2 Å². The van der Waals surface area contributed by atoms with Gasteiger partial charge in [0.05, 0.1) is 17.1 Å². The smallest absolute Gasteiger partial charge is 0.414 e. The van der Waals surface area contributed by atoms with Crippen molar-refractivity contribution in [3.63, 3.8) is 0 Å². The summed E-state index contributed by atoms with van der Waals surface area (Å²) < 4.78 is 4.92. The summed E-state index contributed by atoms with van der Waals surface area (Å²) in [6, 6.07) is 12.4. The van der Waals surface area contributed by atoms with Crippen LogP contribution in [-0.2, 0) is 11.2 Å². The fourth-order valence-corrected chi connectivity index (χ4v) is 3.02. The van der Waals surface area contributed by atoms with E-state index < -0.39 is 6.09 Å². The Bertz CT molecular complexity index is 811. The molecule has 3 rings (SSSR count). The molecule has 0 unspecified atom stereocenters. The number of hydrogen-bond acceptors (Lipinski definition) is 3. The van der Waals surface area contributed by atoms with E-state index in [-0.39, 0.29) is 5.91 Å². The lowest BCUT2D eigenvalue weighted by Gasteiger charge is -2.15. The van der Waals surface area contributed by atoms with Gasteiger partial charge in [-0.2, -0.15) is 0 Å². The molecule has 0 aromatic heterocycles. The van der Waals surface area contributed by atoms with Gasteiger partial charge in [-0.1, -0.05) is 41.4 Å². The molecule has 1 heterocycles. The maximum absolute atomic E-state index is 12.4. The van der Waals surface area contributed by atoms with Gasteiger partial charge < -0.3 is 10.1 Å². The highest BCUT2D eigenvalue weighted by molar-refractivity contribution is 6.34. The zero-order valence-electron chi connectivity index (χ0n) is 13.3. The molecule has 1 fully saturated rings. The summed E-state index contributed by atoms with van der Waals surface area (Å²) in [5.74, 6) is -0.300. The molecule has 1 aliphatic heterocycles. The number of nitrogens with one attached hydrogen (secondary N) is 1. The number of benzene rings is 2. The van der Waals surface area contributed by atoms with Gasteiger partial charge in [0.15, 0.2) is 0 Å². The number of ether oxygens (including phenoxy) is 1. The quantitative estimate of drug-likeness (QED) is 0.857. The third-order valence-electron chi connectivity index (χ3n) is 3.90. The summed E-state index contributed by atoms with van der Waals surface area (Å²) in [6.07, 6.45) is 0.189. The number of halogens is 2. The van der Waals surface area contributed by atoms with E-state index in [1.165, 1.54) is 4.90 Å². The van der Waals surface area contributed by atoms with E-state index in [4.69, 9.17) is 27.9 Å². The average molecular weight is 379 g/mol. The van der Waals surface area contributed by atoms with Gasteiger partial charge in [-0.3, -0.25) is 9.69 Å². The van der Waals surface area contributed by atoms with Gasteiger partial charge in [-0.05, 0) is 36.2 Å². The molecule has 2 aromatic rings. The molecule has 0 saturated carbocycles. The minimum atomic E-state index is -0.424. The summed E-state index contributed by atoms with van der Waals surface area (Å²) in [5.41, 5.74) is 1.87. The molecule has 2 aromatic carbocycles. The van der Waals surface area contributed by atoms with Gasteiger partial charge in [0.25, 0.3) is 5.91 Å². The molecule has 1 N–H and O–H groups in total. The molecule has 2 amide bonds. The van der Waals surface area contributed by atoms with E-state index in [2.05, 4.69) is 5.32 Å². The maximum atomic E-state index is 12.4. The molecule has 5 nitrogen and oxygen atoms in total. The minimum Gasteiger partial charge on any atom is -0.447 e. The normalized spacial score (nSPS) is 13.7. The Hall–Kier alpha value is -2.24. The lowest BCUT2D eigenvalue weighted by atomic mass is 10.1. The first kappa shape index (κ1) is 17.6. The van der Waals surface area contributed by atoms with Crippen molar-refractivity contribution in [1.29, 1.82) is 0 Å². The number of rotatable bonds is 5. The van der Waals surface area contributed by atoms with Crippen LogP contribution in [0, 0.1) is 0 Å². The van der Waals surface area contributed by atoms with E-state index >= 15 is 0 Å². The summed E-state index contributed by atoms with van der Waals surface area (Å²) in [7, 11) is 0. The molecule has 25 heavy (non-hydrogen) atoms. The van der Waals surface area contributed by atoms with E-state index in [0.717, 1.165) is 5.56 Å². The number of carbonyl (C=O) groups is 2. The van der Waals surface area contributed by atoms with Crippen molar-refractivity contribution in [3.05, 3.63) is 63.6 Å². The van der Waals surface area contributed by atoms with E-state index in [9.17, 15) is 9.59 Å². The Morgan fingerprint density at radius 3 is 2.68 bits per heavy atom. The third-order valence-corrected chi connectivity index (χ3v) is 4.60. The molecule has 1 saturated heterocycles. The van der Waals surface area contributed by atoms with Gasteiger partial charge in [0, 0.05) is 17.3 Å².